The summed E-state index contributed by atoms with van der Waals surface area (Å²) in [6.07, 6.45) is 1.49. The van der Waals surface area contributed by atoms with Crippen LogP contribution in [0.2, 0.25) is 5.02 Å². The molecular weight excluding hydrogens is 377 g/mol. The van der Waals surface area contributed by atoms with E-state index in [9.17, 15) is 4.79 Å². The Bertz CT molecular complexity index is 574. The Kier molecular flexibility index (Phi) is 4.98. The molecule has 0 saturated heterocycles. The number of rotatable bonds is 4. The number of hydrogen-bond donors (Lipinski definition) is 2. The van der Waals surface area contributed by atoms with Gasteiger partial charge in [0.2, 0.25) is 5.91 Å². The molecule has 0 bridgehead atoms. The number of anilines is 2. The Morgan fingerprint density at radius 2 is 2.05 bits per heavy atom. The minimum absolute atomic E-state index is 0.158. The smallest absolute Gasteiger partial charge is 0.244 e. The van der Waals surface area contributed by atoms with E-state index in [0.29, 0.717) is 10.8 Å². The van der Waals surface area contributed by atoms with Crippen molar-refractivity contribution in [2.75, 3.05) is 17.2 Å². The topological polar surface area (TPSA) is 54.0 Å². The van der Waals surface area contributed by atoms with Crippen molar-refractivity contribution in [1.29, 1.82) is 0 Å². The first-order valence-corrected chi connectivity index (χ1v) is 7.00. The molecule has 0 aliphatic carbocycles. The van der Waals surface area contributed by atoms with Crippen molar-refractivity contribution in [1.82, 2.24) is 4.98 Å². The molecule has 98 valence electrons. The van der Waals surface area contributed by atoms with Gasteiger partial charge in [-0.3, -0.25) is 4.79 Å². The van der Waals surface area contributed by atoms with Crippen molar-refractivity contribution in [3.63, 3.8) is 0 Å². The number of pyridine rings is 1. The van der Waals surface area contributed by atoms with Gasteiger partial charge < -0.3 is 10.6 Å². The fraction of sp³-hybridized carbons (Fsp3) is 0.0769. The van der Waals surface area contributed by atoms with Gasteiger partial charge in [-0.1, -0.05) is 23.7 Å². The SMILES string of the molecule is O=C(CNc1ccccc1I)Nc1ccc(Cl)cn1. The van der Waals surface area contributed by atoms with E-state index >= 15 is 0 Å². The molecule has 2 rings (SSSR count). The number of halogens is 2. The second-order valence-electron chi connectivity index (χ2n) is 3.74. The quantitative estimate of drug-likeness (QED) is 0.791. The third-order valence-corrected chi connectivity index (χ3v) is 3.47. The first kappa shape index (κ1) is 14.1. The number of aromatic nitrogens is 1. The molecule has 0 unspecified atom stereocenters. The van der Waals surface area contributed by atoms with Gasteiger partial charge in [-0.15, -0.1) is 0 Å². The van der Waals surface area contributed by atoms with E-state index in [2.05, 4.69) is 38.2 Å². The van der Waals surface area contributed by atoms with Crippen LogP contribution in [0.25, 0.3) is 0 Å². The first-order chi connectivity index (χ1) is 9.15. The Morgan fingerprint density at radius 3 is 2.74 bits per heavy atom. The third kappa shape index (κ3) is 4.36. The van der Waals surface area contributed by atoms with Gasteiger partial charge in [0.05, 0.1) is 11.6 Å². The van der Waals surface area contributed by atoms with E-state index in [1.807, 2.05) is 24.3 Å². The van der Waals surface area contributed by atoms with E-state index in [0.717, 1.165) is 9.26 Å². The lowest BCUT2D eigenvalue weighted by atomic mass is 10.3. The molecule has 0 fully saturated rings. The number of nitrogens with zero attached hydrogens (tertiary/aromatic N) is 1. The second kappa shape index (κ2) is 6.72. The van der Waals surface area contributed by atoms with Crippen LogP contribution in [0, 0.1) is 3.57 Å². The van der Waals surface area contributed by atoms with E-state index in [1.165, 1.54) is 6.20 Å². The average Bonchev–Trinajstić information content (AvgIpc) is 2.40. The summed E-state index contributed by atoms with van der Waals surface area (Å²) in [5.41, 5.74) is 0.933. The van der Waals surface area contributed by atoms with Gasteiger partial charge in [0.15, 0.2) is 0 Å². The number of amides is 1. The summed E-state index contributed by atoms with van der Waals surface area (Å²) in [5.74, 6) is 0.327. The van der Waals surface area contributed by atoms with Crippen LogP contribution in [-0.4, -0.2) is 17.4 Å². The number of para-hydroxylation sites is 1. The van der Waals surface area contributed by atoms with Gasteiger partial charge >= 0.3 is 0 Å². The molecule has 4 nitrogen and oxygen atoms in total. The highest BCUT2D eigenvalue weighted by molar-refractivity contribution is 14.1. The highest BCUT2D eigenvalue weighted by Gasteiger charge is 2.04. The molecule has 2 N–H and O–H groups in total. The zero-order chi connectivity index (χ0) is 13.7. The predicted octanol–water partition coefficient (Wildman–Crippen LogP) is 3.39. The molecule has 19 heavy (non-hydrogen) atoms. The van der Waals surface area contributed by atoms with Crippen molar-refractivity contribution in [2.24, 2.45) is 0 Å². The summed E-state index contributed by atoms with van der Waals surface area (Å²) in [7, 11) is 0. The van der Waals surface area contributed by atoms with Crippen molar-refractivity contribution < 1.29 is 4.79 Å². The molecule has 0 radical (unpaired) electrons. The van der Waals surface area contributed by atoms with E-state index in [-0.39, 0.29) is 12.5 Å². The normalized spacial score (nSPS) is 10.0. The van der Waals surface area contributed by atoms with Crippen LogP contribution >= 0.6 is 34.2 Å². The summed E-state index contributed by atoms with van der Waals surface area (Å²) >= 11 is 7.93. The largest absolute Gasteiger partial charge is 0.375 e. The lowest BCUT2D eigenvalue weighted by Crippen LogP contribution is -2.22. The van der Waals surface area contributed by atoms with Crippen molar-refractivity contribution in [3.05, 3.63) is 51.2 Å². The molecule has 0 atom stereocenters. The zero-order valence-electron chi connectivity index (χ0n) is 9.86. The molecule has 6 heteroatoms. The number of carbonyl (C=O) groups is 1. The lowest BCUT2D eigenvalue weighted by molar-refractivity contribution is -0.114. The minimum atomic E-state index is -0.158. The lowest BCUT2D eigenvalue weighted by Gasteiger charge is -2.08. The number of nitrogens with one attached hydrogen (secondary N) is 2. The third-order valence-electron chi connectivity index (χ3n) is 2.31. The van der Waals surface area contributed by atoms with Crippen LogP contribution in [0.15, 0.2) is 42.6 Å². The summed E-state index contributed by atoms with van der Waals surface area (Å²) in [6, 6.07) is 11.1. The first-order valence-electron chi connectivity index (χ1n) is 5.55. The molecule has 1 aromatic carbocycles. The summed E-state index contributed by atoms with van der Waals surface area (Å²) in [6.45, 7) is 0.185. The summed E-state index contributed by atoms with van der Waals surface area (Å²) in [4.78, 5) is 15.7. The van der Waals surface area contributed by atoms with E-state index in [1.54, 1.807) is 12.1 Å². The number of benzene rings is 1. The Labute approximate surface area is 129 Å². The van der Waals surface area contributed by atoms with Gasteiger partial charge in [-0.05, 0) is 46.9 Å². The van der Waals surface area contributed by atoms with Crippen LogP contribution in [0.5, 0.6) is 0 Å². The Hall–Kier alpha value is -1.34. The molecule has 2 aromatic rings. The molecule has 0 spiro atoms. The van der Waals surface area contributed by atoms with Gasteiger partial charge in [-0.2, -0.15) is 0 Å². The standard InChI is InChI=1S/C13H11ClIN3O/c14-9-5-6-12(17-7-9)18-13(19)8-16-11-4-2-1-3-10(11)15/h1-7,16H,8H2,(H,17,18,19). The number of hydrogen-bond acceptors (Lipinski definition) is 3. The van der Waals surface area contributed by atoms with Gasteiger partial charge in [0.1, 0.15) is 5.82 Å². The average molecular weight is 388 g/mol. The van der Waals surface area contributed by atoms with E-state index < -0.39 is 0 Å². The molecule has 0 saturated carbocycles. The van der Waals surface area contributed by atoms with Crippen LogP contribution in [0.1, 0.15) is 0 Å². The predicted molar refractivity (Wildman–Crippen MR) is 85.5 cm³/mol. The zero-order valence-corrected chi connectivity index (χ0v) is 12.8. The summed E-state index contributed by atoms with van der Waals surface area (Å²) in [5, 5.41) is 6.29. The number of carbonyl (C=O) groups excluding carboxylic acids is 1. The Morgan fingerprint density at radius 1 is 1.26 bits per heavy atom. The molecule has 1 heterocycles. The highest BCUT2D eigenvalue weighted by Crippen LogP contribution is 2.16. The van der Waals surface area contributed by atoms with Crippen molar-refractivity contribution >= 4 is 51.6 Å². The van der Waals surface area contributed by atoms with Gasteiger partial charge in [-0.25, -0.2) is 4.98 Å². The van der Waals surface area contributed by atoms with E-state index in [4.69, 9.17) is 11.6 Å². The van der Waals surface area contributed by atoms with Crippen molar-refractivity contribution in [3.8, 4) is 0 Å². The van der Waals surface area contributed by atoms with Crippen LogP contribution < -0.4 is 10.6 Å². The maximum absolute atomic E-state index is 11.7. The van der Waals surface area contributed by atoms with Crippen molar-refractivity contribution in [2.45, 2.75) is 0 Å². The van der Waals surface area contributed by atoms with Gasteiger partial charge in [0, 0.05) is 15.5 Å². The van der Waals surface area contributed by atoms with Gasteiger partial charge in [0.25, 0.3) is 0 Å². The molecule has 0 aliphatic heterocycles. The monoisotopic (exact) mass is 387 g/mol. The Balaban J connectivity index is 1.88. The maximum atomic E-state index is 11.7. The highest BCUT2D eigenvalue weighted by atomic mass is 127. The maximum Gasteiger partial charge on any atom is 0.244 e. The molecule has 1 aromatic heterocycles. The molecular formula is C13H11ClIN3O. The van der Waals surface area contributed by atoms with Crippen LogP contribution in [-0.2, 0) is 4.79 Å². The fourth-order valence-corrected chi connectivity index (χ4v) is 2.11. The molecule has 1 amide bonds. The minimum Gasteiger partial charge on any atom is -0.375 e. The van der Waals surface area contributed by atoms with Crippen LogP contribution in [0.4, 0.5) is 11.5 Å². The van der Waals surface area contributed by atoms with Crippen LogP contribution in [0.3, 0.4) is 0 Å². The second-order valence-corrected chi connectivity index (χ2v) is 5.34. The summed E-state index contributed by atoms with van der Waals surface area (Å²) < 4.78 is 1.07. The molecule has 0 aliphatic rings. The fourth-order valence-electron chi connectivity index (χ4n) is 1.42.